The predicted molar refractivity (Wildman–Crippen MR) is 121 cm³/mol. The molecule has 1 aromatic rings. The number of nitriles is 1. The van der Waals surface area contributed by atoms with Crippen LogP contribution in [0.4, 0.5) is 0 Å². The summed E-state index contributed by atoms with van der Waals surface area (Å²) in [6, 6.07) is 11.3. The molecule has 0 amide bonds. The SMILES string of the molecule is CCCCCc1ccc(C2CCC(OC(=O)C3CCC(C=CC#N)CC3)CC2)cc1. The first-order valence-corrected chi connectivity index (χ1v) is 12.0. The molecule has 3 rings (SSSR count). The number of unbranched alkanes of at least 4 members (excludes halogenated alkanes) is 2. The molecule has 30 heavy (non-hydrogen) atoms. The zero-order chi connectivity index (χ0) is 21.2. The molecular weight excluding hydrogens is 370 g/mol. The normalized spacial score (nSPS) is 26.9. The van der Waals surface area contributed by atoms with Crippen LogP contribution in [0.25, 0.3) is 0 Å². The fraction of sp³-hybridized carbons (Fsp3) is 0.630. The summed E-state index contributed by atoms with van der Waals surface area (Å²) in [5.41, 5.74) is 2.90. The number of ether oxygens (including phenoxy) is 1. The van der Waals surface area contributed by atoms with Crippen LogP contribution in [0.3, 0.4) is 0 Å². The van der Waals surface area contributed by atoms with Gasteiger partial charge in [0.2, 0.25) is 0 Å². The maximum Gasteiger partial charge on any atom is 0.309 e. The average Bonchev–Trinajstić information content (AvgIpc) is 2.79. The zero-order valence-corrected chi connectivity index (χ0v) is 18.5. The summed E-state index contributed by atoms with van der Waals surface area (Å²) in [5, 5.41) is 8.65. The van der Waals surface area contributed by atoms with Gasteiger partial charge in [0.15, 0.2) is 0 Å². The van der Waals surface area contributed by atoms with Crippen LogP contribution in [0.2, 0.25) is 0 Å². The molecule has 3 nitrogen and oxygen atoms in total. The van der Waals surface area contributed by atoms with Crippen molar-refractivity contribution in [3.63, 3.8) is 0 Å². The molecule has 2 aliphatic rings. The third-order valence-corrected chi connectivity index (χ3v) is 7.03. The Balaban J connectivity index is 1.39. The third-order valence-electron chi connectivity index (χ3n) is 7.03. The van der Waals surface area contributed by atoms with Crippen molar-refractivity contribution in [3.8, 4) is 6.07 Å². The van der Waals surface area contributed by atoms with Crippen LogP contribution in [-0.4, -0.2) is 12.1 Å². The van der Waals surface area contributed by atoms with Crippen LogP contribution in [0, 0.1) is 23.2 Å². The van der Waals surface area contributed by atoms with E-state index in [1.807, 2.05) is 6.08 Å². The van der Waals surface area contributed by atoms with E-state index in [0.29, 0.717) is 11.8 Å². The minimum absolute atomic E-state index is 0.0117. The second-order valence-corrected chi connectivity index (χ2v) is 9.21. The van der Waals surface area contributed by atoms with Crippen LogP contribution in [0.1, 0.15) is 94.6 Å². The lowest BCUT2D eigenvalue weighted by Gasteiger charge is -2.31. The van der Waals surface area contributed by atoms with Crippen LogP contribution in [0.5, 0.6) is 0 Å². The van der Waals surface area contributed by atoms with E-state index in [0.717, 1.165) is 51.4 Å². The van der Waals surface area contributed by atoms with E-state index in [2.05, 4.69) is 37.3 Å². The average molecular weight is 408 g/mol. The second-order valence-electron chi connectivity index (χ2n) is 9.21. The first-order valence-electron chi connectivity index (χ1n) is 12.0. The Morgan fingerprint density at radius 3 is 2.37 bits per heavy atom. The van der Waals surface area contributed by atoms with Gasteiger partial charge in [-0.05, 0) is 87.2 Å². The molecule has 0 unspecified atom stereocenters. The van der Waals surface area contributed by atoms with E-state index in [-0.39, 0.29) is 18.0 Å². The van der Waals surface area contributed by atoms with Crippen molar-refractivity contribution in [1.82, 2.24) is 0 Å². The van der Waals surface area contributed by atoms with E-state index in [9.17, 15) is 4.79 Å². The number of benzene rings is 1. The lowest BCUT2D eigenvalue weighted by atomic mass is 9.81. The first kappa shape index (κ1) is 22.6. The number of hydrogen-bond donors (Lipinski definition) is 0. The molecule has 1 aromatic carbocycles. The van der Waals surface area contributed by atoms with Gasteiger partial charge in [0.25, 0.3) is 0 Å². The van der Waals surface area contributed by atoms with Gasteiger partial charge in [-0.3, -0.25) is 4.79 Å². The molecule has 0 spiro atoms. The van der Waals surface area contributed by atoms with Gasteiger partial charge in [-0.15, -0.1) is 0 Å². The van der Waals surface area contributed by atoms with Crippen molar-refractivity contribution < 1.29 is 9.53 Å². The summed E-state index contributed by atoms with van der Waals surface area (Å²) in [6.45, 7) is 2.25. The van der Waals surface area contributed by atoms with Crippen molar-refractivity contribution >= 4 is 5.97 Å². The topological polar surface area (TPSA) is 50.1 Å². The van der Waals surface area contributed by atoms with Crippen molar-refractivity contribution in [2.24, 2.45) is 11.8 Å². The quantitative estimate of drug-likeness (QED) is 0.268. The van der Waals surface area contributed by atoms with E-state index in [1.54, 1.807) is 6.08 Å². The number of carbonyl (C=O) groups is 1. The number of aryl methyl sites for hydroxylation is 1. The molecule has 2 aliphatic carbocycles. The van der Waals surface area contributed by atoms with Crippen molar-refractivity contribution in [3.05, 3.63) is 47.5 Å². The summed E-state index contributed by atoms with van der Waals surface area (Å²) < 4.78 is 5.90. The highest BCUT2D eigenvalue weighted by Gasteiger charge is 2.30. The van der Waals surface area contributed by atoms with Crippen molar-refractivity contribution in [2.75, 3.05) is 0 Å². The smallest absolute Gasteiger partial charge is 0.309 e. The predicted octanol–water partition coefficient (Wildman–Crippen LogP) is 6.87. The number of allylic oxidation sites excluding steroid dienone is 2. The fourth-order valence-corrected chi connectivity index (χ4v) is 5.04. The summed E-state index contributed by atoms with van der Waals surface area (Å²) in [6.07, 6.45) is 16.6. The highest BCUT2D eigenvalue weighted by Crippen LogP contribution is 2.36. The Hall–Kier alpha value is -2.08. The Labute approximate surface area is 182 Å². The van der Waals surface area contributed by atoms with Crippen LogP contribution < -0.4 is 0 Å². The van der Waals surface area contributed by atoms with Crippen molar-refractivity contribution in [2.45, 2.75) is 96.0 Å². The monoisotopic (exact) mass is 407 g/mol. The molecule has 3 heteroatoms. The summed E-state index contributed by atoms with van der Waals surface area (Å²) in [7, 11) is 0. The first-order chi connectivity index (χ1) is 14.7. The van der Waals surface area contributed by atoms with Crippen molar-refractivity contribution in [1.29, 1.82) is 5.26 Å². The summed E-state index contributed by atoms with van der Waals surface area (Å²) in [5.74, 6) is 1.11. The highest BCUT2D eigenvalue weighted by molar-refractivity contribution is 5.72. The van der Waals surface area contributed by atoms with E-state index < -0.39 is 0 Å². The third kappa shape index (κ3) is 6.73. The van der Waals surface area contributed by atoms with Crippen LogP contribution in [0.15, 0.2) is 36.4 Å². The van der Waals surface area contributed by atoms with Gasteiger partial charge < -0.3 is 4.74 Å². The van der Waals surface area contributed by atoms with Gasteiger partial charge >= 0.3 is 5.97 Å². The van der Waals surface area contributed by atoms with Gasteiger partial charge in [0.1, 0.15) is 6.10 Å². The largest absolute Gasteiger partial charge is 0.462 e. The maximum absolute atomic E-state index is 12.6. The lowest BCUT2D eigenvalue weighted by molar-refractivity contribution is -0.157. The molecule has 162 valence electrons. The number of esters is 1. The molecular formula is C27H37NO2. The van der Waals surface area contributed by atoms with Gasteiger partial charge in [-0.25, -0.2) is 0 Å². The van der Waals surface area contributed by atoms with Gasteiger partial charge in [-0.2, -0.15) is 5.26 Å². The Morgan fingerprint density at radius 2 is 1.73 bits per heavy atom. The molecule has 0 atom stereocenters. The molecule has 2 fully saturated rings. The molecule has 0 N–H and O–H groups in total. The van der Waals surface area contributed by atoms with E-state index in [1.165, 1.54) is 36.8 Å². The molecule has 0 heterocycles. The summed E-state index contributed by atoms with van der Waals surface area (Å²) in [4.78, 5) is 12.6. The fourth-order valence-electron chi connectivity index (χ4n) is 5.04. The second kappa shape index (κ2) is 11.9. The minimum atomic E-state index is 0.0117. The van der Waals surface area contributed by atoms with E-state index in [4.69, 9.17) is 10.00 Å². The highest BCUT2D eigenvalue weighted by atomic mass is 16.5. The molecule has 0 aromatic heterocycles. The molecule has 0 aliphatic heterocycles. The number of rotatable bonds is 8. The Morgan fingerprint density at radius 1 is 1.03 bits per heavy atom. The maximum atomic E-state index is 12.6. The standard InChI is InChI=1S/C27H37NO2/c1-2-3-4-6-21-8-12-23(13-9-21)24-16-18-26(19-17-24)30-27(29)25-14-10-22(11-15-25)7-5-20-28/h5,7-9,12-13,22,24-26H,2-4,6,10-11,14-19H2,1H3. The number of hydrogen-bond acceptors (Lipinski definition) is 3. The minimum Gasteiger partial charge on any atom is -0.462 e. The zero-order valence-electron chi connectivity index (χ0n) is 18.5. The molecule has 0 saturated heterocycles. The number of carbonyl (C=O) groups excluding carboxylic acids is 1. The Bertz CT molecular complexity index is 714. The Kier molecular flexibility index (Phi) is 9.00. The van der Waals surface area contributed by atoms with Crippen LogP contribution in [-0.2, 0) is 16.0 Å². The van der Waals surface area contributed by atoms with Crippen LogP contribution >= 0.6 is 0 Å². The molecule has 0 bridgehead atoms. The lowest BCUT2D eigenvalue weighted by Crippen LogP contribution is -2.29. The van der Waals surface area contributed by atoms with E-state index >= 15 is 0 Å². The van der Waals surface area contributed by atoms with Gasteiger partial charge in [0, 0.05) is 6.08 Å². The molecule has 0 radical (unpaired) electrons. The van der Waals surface area contributed by atoms with Gasteiger partial charge in [0.05, 0.1) is 12.0 Å². The number of nitrogens with zero attached hydrogens (tertiary/aromatic N) is 1. The van der Waals surface area contributed by atoms with Gasteiger partial charge in [-0.1, -0.05) is 50.1 Å². The summed E-state index contributed by atoms with van der Waals surface area (Å²) >= 11 is 0. The molecule has 2 saturated carbocycles.